The molecule has 3 nitrogen and oxygen atoms in total. The Labute approximate surface area is 127 Å². The number of carbonyl (C=O) groups is 1. The number of carbonyl (C=O) groups excluding carboxylic acids is 1. The monoisotopic (exact) mass is 306 g/mol. The number of anilines is 1. The lowest BCUT2D eigenvalue weighted by Crippen LogP contribution is -2.10. The van der Waals surface area contributed by atoms with Crippen molar-refractivity contribution in [3.8, 4) is 0 Å². The lowest BCUT2D eigenvalue weighted by Gasteiger charge is -2.08. The van der Waals surface area contributed by atoms with Gasteiger partial charge in [0.1, 0.15) is 5.15 Å². The number of amides is 1. The van der Waals surface area contributed by atoms with Crippen molar-refractivity contribution in [2.24, 2.45) is 0 Å². The van der Waals surface area contributed by atoms with Gasteiger partial charge in [0.25, 0.3) is 0 Å². The van der Waals surface area contributed by atoms with E-state index < -0.39 is 0 Å². The molecule has 0 aliphatic heterocycles. The standard InChI is InChI=1S/C15H12Cl2N2O/c1-10-9-12(16)18-15(17)14(10)19-13(20)8-7-11-5-3-2-4-6-11/h2-9H,1H3,(H,19,20)/b8-7+. The van der Waals surface area contributed by atoms with Crippen LogP contribution in [-0.4, -0.2) is 10.9 Å². The zero-order valence-electron chi connectivity index (χ0n) is 10.7. The molecular formula is C15H12Cl2N2O. The summed E-state index contributed by atoms with van der Waals surface area (Å²) >= 11 is 11.7. The number of pyridine rings is 1. The predicted molar refractivity (Wildman–Crippen MR) is 83.1 cm³/mol. The van der Waals surface area contributed by atoms with Crippen molar-refractivity contribution in [2.75, 3.05) is 5.32 Å². The number of nitrogens with one attached hydrogen (secondary N) is 1. The van der Waals surface area contributed by atoms with Gasteiger partial charge in [0, 0.05) is 6.08 Å². The van der Waals surface area contributed by atoms with Crippen LogP contribution in [0.15, 0.2) is 42.5 Å². The number of nitrogens with zero attached hydrogens (tertiary/aromatic N) is 1. The molecule has 0 atom stereocenters. The summed E-state index contributed by atoms with van der Waals surface area (Å²) in [6, 6.07) is 11.2. The Hall–Kier alpha value is -1.84. The van der Waals surface area contributed by atoms with Crippen molar-refractivity contribution in [1.29, 1.82) is 0 Å². The highest BCUT2D eigenvalue weighted by molar-refractivity contribution is 6.35. The molecule has 1 aromatic heterocycles. The van der Waals surface area contributed by atoms with Gasteiger partial charge in [0.05, 0.1) is 5.69 Å². The number of benzene rings is 1. The van der Waals surface area contributed by atoms with Gasteiger partial charge < -0.3 is 5.32 Å². The van der Waals surface area contributed by atoms with Crippen LogP contribution >= 0.6 is 23.2 Å². The van der Waals surface area contributed by atoms with Crippen molar-refractivity contribution in [3.05, 3.63) is 63.9 Å². The first-order chi connectivity index (χ1) is 9.56. The summed E-state index contributed by atoms with van der Waals surface area (Å²) in [5.74, 6) is -0.275. The maximum atomic E-state index is 11.9. The normalized spacial score (nSPS) is 10.8. The molecule has 0 fully saturated rings. The molecule has 0 spiro atoms. The number of aromatic nitrogens is 1. The van der Waals surface area contributed by atoms with E-state index in [0.29, 0.717) is 10.8 Å². The topological polar surface area (TPSA) is 42.0 Å². The second kappa shape index (κ2) is 6.55. The molecular weight excluding hydrogens is 295 g/mol. The molecule has 0 aliphatic rings. The van der Waals surface area contributed by atoms with E-state index >= 15 is 0 Å². The molecule has 0 radical (unpaired) electrons. The third-order valence-corrected chi connectivity index (χ3v) is 3.08. The summed E-state index contributed by atoms with van der Waals surface area (Å²) in [6.07, 6.45) is 3.17. The molecule has 0 saturated heterocycles. The second-order valence-electron chi connectivity index (χ2n) is 4.16. The smallest absolute Gasteiger partial charge is 0.248 e. The Balaban J connectivity index is 2.11. The summed E-state index contributed by atoms with van der Waals surface area (Å²) in [5, 5.41) is 3.17. The SMILES string of the molecule is Cc1cc(Cl)nc(Cl)c1NC(=O)/C=C/c1ccccc1. The molecule has 1 amide bonds. The summed E-state index contributed by atoms with van der Waals surface area (Å²) in [4.78, 5) is 15.8. The van der Waals surface area contributed by atoms with Crippen molar-refractivity contribution in [2.45, 2.75) is 6.92 Å². The van der Waals surface area contributed by atoms with Gasteiger partial charge in [-0.3, -0.25) is 4.79 Å². The van der Waals surface area contributed by atoms with Crippen LogP contribution in [0.5, 0.6) is 0 Å². The van der Waals surface area contributed by atoms with E-state index in [1.807, 2.05) is 30.3 Å². The molecule has 1 aromatic carbocycles. The summed E-state index contributed by atoms with van der Waals surface area (Å²) < 4.78 is 0. The summed E-state index contributed by atoms with van der Waals surface area (Å²) in [6.45, 7) is 1.80. The van der Waals surface area contributed by atoms with Crippen LogP contribution in [0, 0.1) is 6.92 Å². The highest BCUT2D eigenvalue weighted by Gasteiger charge is 2.09. The fourth-order valence-corrected chi connectivity index (χ4v) is 2.23. The lowest BCUT2D eigenvalue weighted by molar-refractivity contribution is -0.111. The van der Waals surface area contributed by atoms with Gasteiger partial charge in [-0.15, -0.1) is 0 Å². The van der Waals surface area contributed by atoms with E-state index in [1.54, 1.807) is 19.1 Å². The lowest BCUT2D eigenvalue weighted by atomic mass is 10.2. The van der Waals surface area contributed by atoms with Crippen LogP contribution in [0.3, 0.4) is 0 Å². The fraction of sp³-hybridized carbons (Fsp3) is 0.0667. The van der Waals surface area contributed by atoms with E-state index in [0.717, 1.165) is 11.1 Å². The van der Waals surface area contributed by atoms with Crippen LogP contribution in [-0.2, 0) is 4.79 Å². The molecule has 5 heteroatoms. The average molecular weight is 307 g/mol. The molecule has 0 aliphatic carbocycles. The van der Waals surface area contributed by atoms with Crippen LogP contribution in [0.25, 0.3) is 6.08 Å². The first-order valence-electron chi connectivity index (χ1n) is 5.93. The molecule has 2 rings (SSSR count). The number of rotatable bonds is 3. The van der Waals surface area contributed by atoms with Gasteiger partial charge in [-0.2, -0.15) is 0 Å². The van der Waals surface area contributed by atoms with Gasteiger partial charge in [-0.25, -0.2) is 4.98 Å². The summed E-state index contributed by atoms with van der Waals surface area (Å²) in [7, 11) is 0. The summed E-state index contributed by atoms with van der Waals surface area (Å²) in [5.41, 5.74) is 2.18. The molecule has 1 heterocycles. The van der Waals surface area contributed by atoms with Gasteiger partial charge in [-0.1, -0.05) is 53.5 Å². The maximum absolute atomic E-state index is 11.9. The van der Waals surface area contributed by atoms with Crippen LogP contribution in [0.4, 0.5) is 5.69 Å². The average Bonchev–Trinajstić information content (AvgIpc) is 2.42. The third-order valence-electron chi connectivity index (χ3n) is 2.62. The van der Waals surface area contributed by atoms with Crippen LogP contribution < -0.4 is 5.32 Å². The second-order valence-corrected chi connectivity index (χ2v) is 4.91. The van der Waals surface area contributed by atoms with Crippen molar-refractivity contribution in [3.63, 3.8) is 0 Å². The van der Waals surface area contributed by atoms with Gasteiger partial charge in [0.15, 0.2) is 5.15 Å². The number of hydrogen-bond donors (Lipinski definition) is 1. The molecule has 0 saturated carbocycles. The van der Waals surface area contributed by atoms with E-state index in [-0.39, 0.29) is 11.1 Å². The molecule has 0 unspecified atom stereocenters. The Kier molecular flexibility index (Phi) is 4.77. The van der Waals surface area contributed by atoms with Crippen LogP contribution in [0.1, 0.15) is 11.1 Å². The van der Waals surface area contributed by atoms with Gasteiger partial charge >= 0.3 is 0 Å². The van der Waals surface area contributed by atoms with E-state index in [9.17, 15) is 4.79 Å². The van der Waals surface area contributed by atoms with Gasteiger partial charge in [0.2, 0.25) is 5.91 Å². The highest BCUT2D eigenvalue weighted by atomic mass is 35.5. The van der Waals surface area contributed by atoms with Gasteiger partial charge in [-0.05, 0) is 30.2 Å². The Morgan fingerprint density at radius 2 is 1.95 bits per heavy atom. The Bertz CT molecular complexity index is 631. The van der Waals surface area contributed by atoms with Crippen LogP contribution in [0.2, 0.25) is 10.3 Å². The Morgan fingerprint density at radius 1 is 1.25 bits per heavy atom. The third kappa shape index (κ3) is 3.83. The van der Waals surface area contributed by atoms with E-state index in [4.69, 9.17) is 23.2 Å². The zero-order chi connectivity index (χ0) is 14.5. The minimum atomic E-state index is -0.275. The molecule has 1 N–H and O–H groups in total. The number of halogens is 2. The minimum absolute atomic E-state index is 0.177. The highest BCUT2D eigenvalue weighted by Crippen LogP contribution is 2.26. The fourth-order valence-electron chi connectivity index (χ4n) is 1.65. The van der Waals surface area contributed by atoms with Crippen molar-refractivity contribution < 1.29 is 4.79 Å². The maximum Gasteiger partial charge on any atom is 0.248 e. The minimum Gasteiger partial charge on any atom is -0.320 e. The first-order valence-corrected chi connectivity index (χ1v) is 6.68. The molecule has 2 aromatic rings. The molecule has 0 bridgehead atoms. The van der Waals surface area contributed by atoms with E-state index in [2.05, 4.69) is 10.3 Å². The zero-order valence-corrected chi connectivity index (χ0v) is 12.2. The molecule has 20 heavy (non-hydrogen) atoms. The predicted octanol–water partition coefficient (Wildman–Crippen LogP) is 4.35. The largest absolute Gasteiger partial charge is 0.320 e. The van der Waals surface area contributed by atoms with E-state index in [1.165, 1.54) is 6.08 Å². The van der Waals surface area contributed by atoms with Crippen molar-refractivity contribution in [1.82, 2.24) is 4.98 Å². The van der Waals surface area contributed by atoms with Crippen molar-refractivity contribution >= 4 is 40.9 Å². The first kappa shape index (κ1) is 14.6. The number of aryl methyl sites for hydroxylation is 1. The molecule has 102 valence electrons. The quantitative estimate of drug-likeness (QED) is 0.676. The number of hydrogen-bond acceptors (Lipinski definition) is 2. The Morgan fingerprint density at radius 3 is 2.60 bits per heavy atom.